The van der Waals surface area contributed by atoms with Crippen LogP contribution >= 0.6 is 0 Å². The smallest absolute Gasteiger partial charge is 0.220 e. The van der Waals surface area contributed by atoms with E-state index in [0.717, 1.165) is 39.4 Å². The maximum Gasteiger partial charge on any atom is 0.220 e. The summed E-state index contributed by atoms with van der Waals surface area (Å²) in [7, 11) is 2.00. The van der Waals surface area contributed by atoms with Crippen LogP contribution in [0.4, 0.5) is 0 Å². The highest BCUT2D eigenvalue weighted by Crippen LogP contribution is 2.16. The summed E-state index contributed by atoms with van der Waals surface area (Å²) in [5.41, 5.74) is 6.29. The highest BCUT2D eigenvalue weighted by Gasteiger charge is 2.09. The third kappa shape index (κ3) is 3.18. The number of hydrogen-bond donors (Lipinski definition) is 2. The Morgan fingerprint density at radius 3 is 2.79 bits per heavy atom. The highest BCUT2D eigenvalue weighted by molar-refractivity contribution is 5.78. The van der Waals surface area contributed by atoms with E-state index in [9.17, 15) is 4.79 Å². The van der Waals surface area contributed by atoms with Crippen LogP contribution in [0.15, 0.2) is 18.2 Å². The van der Waals surface area contributed by atoms with Crippen LogP contribution in [-0.4, -0.2) is 25.7 Å². The lowest BCUT2D eigenvalue weighted by atomic mass is 10.1. The third-order valence-electron chi connectivity index (χ3n) is 4.60. The second-order valence-corrected chi connectivity index (χ2v) is 6.24. The fourth-order valence-corrected chi connectivity index (χ4v) is 2.78. The van der Waals surface area contributed by atoms with Crippen molar-refractivity contribution in [2.24, 2.45) is 7.05 Å². The average Bonchev–Trinajstić information content (AvgIpc) is 3.03. The molecule has 1 amide bonds. The van der Waals surface area contributed by atoms with Crippen LogP contribution in [0.3, 0.4) is 0 Å². The Morgan fingerprint density at radius 2 is 2.08 bits per heavy atom. The fourth-order valence-electron chi connectivity index (χ4n) is 2.78. The number of nitrogens with one attached hydrogen (secondary N) is 2. The van der Waals surface area contributed by atoms with Crippen molar-refractivity contribution in [3.05, 3.63) is 46.5 Å². The van der Waals surface area contributed by atoms with E-state index < -0.39 is 0 Å². The molecule has 0 aliphatic heterocycles. The summed E-state index contributed by atoms with van der Waals surface area (Å²) in [6, 6.07) is 6.11. The predicted octanol–water partition coefficient (Wildman–Crippen LogP) is 2.47. The number of hydrogen-bond acceptors (Lipinski definition) is 3. The van der Waals surface area contributed by atoms with Crippen molar-refractivity contribution >= 4 is 16.9 Å². The first-order chi connectivity index (χ1) is 11.5. The van der Waals surface area contributed by atoms with Gasteiger partial charge < -0.3 is 9.88 Å². The zero-order valence-corrected chi connectivity index (χ0v) is 14.6. The van der Waals surface area contributed by atoms with Crippen LogP contribution < -0.4 is 5.32 Å². The molecule has 0 aliphatic carbocycles. The minimum atomic E-state index is 0.0346. The van der Waals surface area contributed by atoms with Gasteiger partial charge in [-0.15, -0.1) is 0 Å². The number of rotatable bonds is 5. The molecule has 0 saturated heterocycles. The highest BCUT2D eigenvalue weighted by atomic mass is 16.1. The van der Waals surface area contributed by atoms with Crippen LogP contribution in [-0.2, 0) is 24.8 Å². The summed E-state index contributed by atoms with van der Waals surface area (Å²) in [6.45, 7) is 6.51. The number of carbonyl (C=O) groups is 1. The van der Waals surface area contributed by atoms with E-state index in [0.29, 0.717) is 19.4 Å². The Labute approximate surface area is 141 Å². The van der Waals surface area contributed by atoms with Crippen LogP contribution in [0.5, 0.6) is 0 Å². The summed E-state index contributed by atoms with van der Waals surface area (Å²) in [6.07, 6.45) is 1.09. The molecule has 0 saturated carbocycles. The monoisotopic (exact) mass is 325 g/mol. The van der Waals surface area contributed by atoms with Crippen molar-refractivity contribution in [3.8, 4) is 0 Å². The molecule has 2 heterocycles. The number of aromatic amines is 1. The van der Waals surface area contributed by atoms with E-state index in [1.165, 1.54) is 0 Å². The van der Waals surface area contributed by atoms with Crippen LogP contribution in [0.25, 0.3) is 11.0 Å². The average molecular weight is 325 g/mol. The molecule has 126 valence electrons. The maximum atomic E-state index is 12.1. The quantitative estimate of drug-likeness (QED) is 0.756. The number of H-pyrrole nitrogens is 1. The molecule has 6 nitrogen and oxygen atoms in total. The van der Waals surface area contributed by atoms with Crippen LogP contribution in [0.2, 0.25) is 0 Å². The van der Waals surface area contributed by atoms with Crippen molar-refractivity contribution in [3.63, 3.8) is 0 Å². The summed E-state index contributed by atoms with van der Waals surface area (Å²) < 4.78 is 2.06. The van der Waals surface area contributed by atoms with Gasteiger partial charge in [0.2, 0.25) is 5.91 Å². The molecule has 6 heteroatoms. The number of aryl methyl sites for hydroxylation is 4. The SMILES string of the molecule is Cc1[nH]nc(CCC(=O)NCc2ccc3c(c2)nc(C)n3C)c1C. The second kappa shape index (κ2) is 6.47. The molecule has 0 unspecified atom stereocenters. The zero-order valence-electron chi connectivity index (χ0n) is 14.6. The van der Waals surface area contributed by atoms with Crippen molar-refractivity contribution in [1.29, 1.82) is 0 Å². The lowest BCUT2D eigenvalue weighted by Gasteiger charge is -2.05. The summed E-state index contributed by atoms with van der Waals surface area (Å²) in [5.74, 6) is 1.02. The van der Waals surface area contributed by atoms with Gasteiger partial charge in [-0.25, -0.2) is 4.98 Å². The van der Waals surface area contributed by atoms with Crippen molar-refractivity contribution in [2.75, 3.05) is 0 Å². The summed E-state index contributed by atoms with van der Waals surface area (Å²) in [5, 5.41) is 10.2. The molecule has 24 heavy (non-hydrogen) atoms. The van der Waals surface area contributed by atoms with Gasteiger partial charge in [0, 0.05) is 32.1 Å². The predicted molar refractivity (Wildman–Crippen MR) is 93.7 cm³/mol. The number of imidazole rings is 1. The molecule has 0 atom stereocenters. The molecule has 1 aromatic carbocycles. The van der Waals surface area contributed by atoms with E-state index in [1.54, 1.807) is 0 Å². The number of carbonyl (C=O) groups excluding carboxylic acids is 1. The molecule has 2 aromatic heterocycles. The van der Waals surface area contributed by atoms with Gasteiger partial charge >= 0.3 is 0 Å². The molecule has 0 bridgehead atoms. The lowest BCUT2D eigenvalue weighted by molar-refractivity contribution is -0.121. The summed E-state index contributed by atoms with van der Waals surface area (Å²) >= 11 is 0. The molecule has 0 fully saturated rings. The van der Waals surface area contributed by atoms with Gasteiger partial charge in [0.15, 0.2) is 0 Å². The molecular weight excluding hydrogens is 302 g/mol. The van der Waals surface area contributed by atoms with Gasteiger partial charge in [0.05, 0.1) is 16.7 Å². The van der Waals surface area contributed by atoms with Crippen molar-refractivity contribution < 1.29 is 4.79 Å². The van der Waals surface area contributed by atoms with Crippen molar-refractivity contribution in [2.45, 2.75) is 40.2 Å². The molecule has 0 aliphatic rings. The largest absolute Gasteiger partial charge is 0.352 e. The van der Waals surface area contributed by atoms with E-state index >= 15 is 0 Å². The Kier molecular flexibility index (Phi) is 4.38. The van der Waals surface area contributed by atoms with Crippen LogP contribution in [0.1, 0.15) is 34.8 Å². The second-order valence-electron chi connectivity index (χ2n) is 6.24. The summed E-state index contributed by atoms with van der Waals surface area (Å²) in [4.78, 5) is 16.6. The lowest BCUT2D eigenvalue weighted by Crippen LogP contribution is -2.23. The van der Waals surface area contributed by atoms with Crippen LogP contribution in [0, 0.1) is 20.8 Å². The first-order valence-electron chi connectivity index (χ1n) is 8.15. The van der Waals surface area contributed by atoms with E-state index in [2.05, 4.69) is 25.1 Å². The molecule has 0 radical (unpaired) electrons. The topological polar surface area (TPSA) is 75.6 Å². The standard InChI is InChI=1S/C18H23N5O/c1-11-12(2)21-22-15(11)6-8-18(24)19-10-14-5-7-17-16(9-14)20-13(3)23(17)4/h5,7,9H,6,8,10H2,1-4H3,(H,19,24)(H,21,22). The Hall–Kier alpha value is -2.63. The number of nitrogens with zero attached hydrogens (tertiary/aromatic N) is 3. The molecular formula is C18H23N5O. The first-order valence-corrected chi connectivity index (χ1v) is 8.15. The van der Waals surface area contributed by atoms with Gasteiger partial charge in [-0.05, 0) is 44.0 Å². The minimum Gasteiger partial charge on any atom is -0.352 e. The maximum absolute atomic E-state index is 12.1. The first kappa shape index (κ1) is 16.2. The molecule has 3 aromatic rings. The normalized spacial score (nSPS) is 11.2. The fraction of sp³-hybridized carbons (Fsp3) is 0.389. The van der Waals surface area contributed by atoms with Gasteiger partial charge in [0.1, 0.15) is 5.82 Å². The number of fused-ring (bicyclic) bond motifs is 1. The Bertz CT molecular complexity index is 890. The third-order valence-corrected chi connectivity index (χ3v) is 4.60. The molecule has 3 rings (SSSR count). The molecule has 0 spiro atoms. The van der Waals surface area contributed by atoms with Gasteiger partial charge in [0.25, 0.3) is 0 Å². The number of benzene rings is 1. The Morgan fingerprint density at radius 1 is 1.29 bits per heavy atom. The van der Waals surface area contributed by atoms with Gasteiger partial charge in [-0.1, -0.05) is 6.07 Å². The van der Waals surface area contributed by atoms with E-state index in [-0.39, 0.29) is 5.91 Å². The van der Waals surface area contributed by atoms with Gasteiger partial charge in [-0.3, -0.25) is 9.89 Å². The van der Waals surface area contributed by atoms with Gasteiger partial charge in [-0.2, -0.15) is 5.10 Å². The number of amides is 1. The van der Waals surface area contributed by atoms with E-state index in [4.69, 9.17) is 0 Å². The Balaban J connectivity index is 1.57. The van der Waals surface area contributed by atoms with Crippen molar-refractivity contribution in [1.82, 2.24) is 25.1 Å². The number of aromatic nitrogens is 4. The zero-order chi connectivity index (χ0) is 17.3. The molecule has 2 N–H and O–H groups in total. The van der Waals surface area contributed by atoms with E-state index in [1.807, 2.05) is 46.0 Å². The minimum absolute atomic E-state index is 0.0346.